The molecule has 0 aliphatic rings. The van der Waals surface area contributed by atoms with Crippen molar-refractivity contribution in [1.29, 1.82) is 0 Å². The van der Waals surface area contributed by atoms with Gasteiger partial charge in [0.05, 0.1) is 5.56 Å². The molecule has 3 N–H and O–H groups in total. The number of benzene rings is 2. The van der Waals surface area contributed by atoms with E-state index in [4.69, 9.17) is 4.74 Å². The Kier molecular flexibility index (Phi) is 5.73. The quantitative estimate of drug-likeness (QED) is 0.724. The number of hydrogen-bond acceptors (Lipinski definition) is 5. The second-order valence-electron chi connectivity index (χ2n) is 5.35. The number of nitrogens with one attached hydrogen (secondary N) is 2. The number of ether oxygens (including phenoxy) is 1. The van der Waals surface area contributed by atoms with Crippen LogP contribution in [0.1, 0.15) is 24.2 Å². The van der Waals surface area contributed by atoms with Gasteiger partial charge < -0.3 is 20.5 Å². The lowest BCUT2D eigenvalue weighted by molar-refractivity contribution is -0.123. The minimum absolute atomic E-state index is 0.0641. The van der Waals surface area contributed by atoms with Gasteiger partial charge in [0.25, 0.3) is 5.91 Å². The monoisotopic (exact) mass is 342 g/mol. The summed E-state index contributed by atoms with van der Waals surface area (Å²) in [6, 6.07) is 12.2. The zero-order valence-corrected chi connectivity index (χ0v) is 13.8. The summed E-state index contributed by atoms with van der Waals surface area (Å²) < 4.78 is 5.08. The third kappa shape index (κ3) is 5.35. The van der Waals surface area contributed by atoms with Gasteiger partial charge >= 0.3 is 5.97 Å². The van der Waals surface area contributed by atoms with Crippen LogP contribution < -0.4 is 10.6 Å². The summed E-state index contributed by atoms with van der Waals surface area (Å²) in [5.74, 6) is -1.46. The van der Waals surface area contributed by atoms with Crippen LogP contribution in [0.2, 0.25) is 0 Å². The van der Waals surface area contributed by atoms with Crippen molar-refractivity contribution in [3.63, 3.8) is 0 Å². The van der Waals surface area contributed by atoms with E-state index >= 15 is 0 Å². The molecule has 2 amide bonds. The number of hydrogen-bond donors (Lipinski definition) is 3. The molecule has 0 unspecified atom stereocenters. The summed E-state index contributed by atoms with van der Waals surface area (Å²) in [6.07, 6.45) is -1.02. The number of rotatable bonds is 5. The van der Waals surface area contributed by atoms with Crippen LogP contribution in [0.25, 0.3) is 0 Å². The first-order chi connectivity index (χ1) is 11.8. The van der Waals surface area contributed by atoms with Crippen molar-refractivity contribution in [1.82, 2.24) is 0 Å². The molecule has 0 aromatic heterocycles. The molecule has 0 saturated carbocycles. The van der Waals surface area contributed by atoms with Gasteiger partial charge in [0.15, 0.2) is 6.10 Å². The highest BCUT2D eigenvalue weighted by atomic mass is 16.5. The smallest absolute Gasteiger partial charge is 0.339 e. The van der Waals surface area contributed by atoms with E-state index in [0.717, 1.165) is 0 Å². The molecular formula is C18H18N2O5. The number of anilines is 2. The van der Waals surface area contributed by atoms with E-state index in [1.165, 1.54) is 38.1 Å². The van der Waals surface area contributed by atoms with Crippen LogP contribution in [-0.4, -0.2) is 29.0 Å². The van der Waals surface area contributed by atoms with Gasteiger partial charge in [-0.3, -0.25) is 9.59 Å². The molecule has 0 bridgehead atoms. The largest absolute Gasteiger partial charge is 0.508 e. The number of carbonyl (C=O) groups excluding carboxylic acids is 3. The van der Waals surface area contributed by atoms with Crippen LogP contribution in [0.4, 0.5) is 11.4 Å². The summed E-state index contributed by atoms with van der Waals surface area (Å²) in [7, 11) is 0. The molecule has 0 saturated heterocycles. The van der Waals surface area contributed by atoms with Gasteiger partial charge in [0, 0.05) is 18.3 Å². The first-order valence-corrected chi connectivity index (χ1v) is 7.53. The lowest BCUT2D eigenvalue weighted by Crippen LogP contribution is -2.30. The summed E-state index contributed by atoms with van der Waals surface area (Å²) in [6.45, 7) is 2.85. The Balaban J connectivity index is 1.93. The van der Waals surface area contributed by atoms with Gasteiger partial charge in [-0.1, -0.05) is 6.07 Å². The fraction of sp³-hybridized carbons (Fsp3) is 0.167. The van der Waals surface area contributed by atoms with Crippen molar-refractivity contribution in [3.8, 4) is 5.75 Å². The number of aromatic hydroxyl groups is 1. The number of phenols is 1. The number of phenolic OH excluding ortho intramolecular Hbond substituents is 1. The average molecular weight is 342 g/mol. The van der Waals surface area contributed by atoms with Crippen LogP contribution in [0.5, 0.6) is 5.75 Å². The molecule has 1 atom stereocenters. The number of esters is 1. The molecule has 25 heavy (non-hydrogen) atoms. The predicted molar refractivity (Wildman–Crippen MR) is 92.4 cm³/mol. The van der Waals surface area contributed by atoms with E-state index in [2.05, 4.69) is 10.6 Å². The second-order valence-corrected chi connectivity index (χ2v) is 5.35. The van der Waals surface area contributed by atoms with Gasteiger partial charge in [-0.15, -0.1) is 0 Å². The molecule has 0 heterocycles. The molecule has 0 fully saturated rings. The SMILES string of the molecule is CC(=O)Nc1ccc(NC(=O)[C@H](C)OC(=O)c2cccc(O)c2)cc1. The topological polar surface area (TPSA) is 105 Å². The van der Waals surface area contributed by atoms with Crippen molar-refractivity contribution < 1.29 is 24.2 Å². The van der Waals surface area contributed by atoms with E-state index in [1.54, 1.807) is 24.3 Å². The lowest BCUT2D eigenvalue weighted by atomic mass is 10.2. The van der Waals surface area contributed by atoms with Crippen molar-refractivity contribution in [2.75, 3.05) is 10.6 Å². The Morgan fingerprint density at radius 1 is 1.00 bits per heavy atom. The van der Waals surface area contributed by atoms with Gasteiger partial charge in [-0.25, -0.2) is 4.79 Å². The predicted octanol–water partition coefficient (Wildman–Crippen LogP) is 2.53. The van der Waals surface area contributed by atoms with E-state index in [-0.39, 0.29) is 17.2 Å². The highest BCUT2D eigenvalue weighted by Crippen LogP contribution is 2.15. The summed E-state index contributed by atoms with van der Waals surface area (Å²) >= 11 is 0. The average Bonchev–Trinajstić information content (AvgIpc) is 2.56. The third-order valence-corrected chi connectivity index (χ3v) is 3.21. The Hall–Kier alpha value is -3.35. The van der Waals surface area contributed by atoms with Crippen LogP contribution >= 0.6 is 0 Å². The van der Waals surface area contributed by atoms with E-state index in [1.807, 2.05) is 0 Å². The molecule has 0 aliphatic carbocycles. The van der Waals surface area contributed by atoms with Gasteiger partial charge in [0.1, 0.15) is 5.75 Å². The van der Waals surface area contributed by atoms with Crippen LogP contribution in [0.3, 0.4) is 0 Å². The molecule has 7 nitrogen and oxygen atoms in total. The summed E-state index contributed by atoms with van der Waals surface area (Å²) in [5.41, 5.74) is 1.26. The molecule has 7 heteroatoms. The maximum absolute atomic E-state index is 12.1. The van der Waals surface area contributed by atoms with E-state index in [0.29, 0.717) is 11.4 Å². The van der Waals surface area contributed by atoms with E-state index in [9.17, 15) is 19.5 Å². The second kappa shape index (κ2) is 7.96. The molecule has 0 spiro atoms. The van der Waals surface area contributed by atoms with Gasteiger partial charge in [-0.2, -0.15) is 0 Å². The molecule has 2 aromatic rings. The first-order valence-electron chi connectivity index (χ1n) is 7.53. The number of carbonyl (C=O) groups is 3. The fourth-order valence-corrected chi connectivity index (χ4v) is 2.00. The van der Waals surface area contributed by atoms with Gasteiger partial charge in [-0.05, 0) is 49.4 Å². The molecule has 0 radical (unpaired) electrons. The summed E-state index contributed by atoms with van der Waals surface area (Å²) in [4.78, 5) is 35.0. The standard InChI is InChI=1S/C18H18N2O5/c1-11(25-18(24)13-4-3-5-16(22)10-13)17(23)20-15-8-6-14(7-9-15)19-12(2)21/h3-11,22H,1-2H3,(H,19,21)(H,20,23)/t11-/m0/s1. The fourth-order valence-electron chi connectivity index (χ4n) is 2.00. The number of amides is 2. The Morgan fingerprint density at radius 3 is 2.16 bits per heavy atom. The Bertz CT molecular complexity index is 786. The lowest BCUT2D eigenvalue weighted by Gasteiger charge is -2.14. The van der Waals surface area contributed by atoms with Gasteiger partial charge in [0.2, 0.25) is 5.91 Å². The molecule has 0 aliphatic heterocycles. The minimum atomic E-state index is -1.02. The van der Waals surface area contributed by atoms with Crippen LogP contribution in [0, 0.1) is 0 Å². The first kappa shape index (κ1) is 18.0. The summed E-state index contributed by atoms with van der Waals surface area (Å²) in [5, 5.41) is 14.6. The molecule has 2 rings (SSSR count). The van der Waals surface area contributed by atoms with Crippen molar-refractivity contribution >= 4 is 29.2 Å². The molecular weight excluding hydrogens is 324 g/mol. The molecule has 2 aromatic carbocycles. The van der Waals surface area contributed by atoms with Crippen molar-refractivity contribution in [2.45, 2.75) is 20.0 Å². The van der Waals surface area contributed by atoms with Crippen molar-refractivity contribution in [3.05, 3.63) is 54.1 Å². The highest BCUT2D eigenvalue weighted by molar-refractivity contribution is 5.97. The maximum Gasteiger partial charge on any atom is 0.339 e. The Labute approximate surface area is 144 Å². The van der Waals surface area contributed by atoms with E-state index < -0.39 is 18.0 Å². The van der Waals surface area contributed by atoms with Crippen molar-refractivity contribution in [2.24, 2.45) is 0 Å². The van der Waals surface area contributed by atoms with Crippen LogP contribution in [0.15, 0.2) is 48.5 Å². The Morgan fingerprint density at radius 2 is 1.60 bits per heavy atom. The zero-order chi connectivity index (χ0) is 18.4. The highest BCUT2D eigenvalue weighted by Gasteiger charge is 2.19. The zero-order valence-electron chi connectivity index (χ0n) is 13.8. The van der Waals surface area contributed by atoms with Crippen LogP contribution in [-0.2, 0) is 14.3 Å². The minimum Gasteiger partial charge on any atom is -0.508 e. The normalized spacial score (nSPS) is 11.3. The molecule has 130 valence electrons. The maximum atomic E-state index is 12.1. The third-order valence-electron chi connectivity index (χ3n) is 3.21.